The van der Waals surface area contributed by atoms with Crippen molar-refractivity contribution >= 4 is 0 Å². The Morgan fingerprint density at radius 2 is 1.64 bits per heavy atom. The summed E-state index contributed by atoms with van der Waals surface area (Å²) in [6, 6.07) is 4.28. The topological polar surface area (TPSA) is 42.4 Å². The summed E-state index contributed by atoms with van der Waals surface area (Å²) in [7, 11) is 0. The van der Waals surface area contributed by atoms with Gasteiger partial charge in [0.1, 0.15) is 11.5 Å². The Morgan fingerprint density at radius 1 is 0.955 bits per heavy atom. The van der Waals surface area contributed by atoms with Gasteiger partial charge in [-0.2, -0.15) is 13.2 Å². The molecule has 0 spiro atoms. The van der Waals surface area contributed by atoms with Crippen molar-refractivity contribution in [1.29, 1.82) is 0 Å². The SMILES string of the molecule is Oc1ccc(OC(F)(F)F)cc1-c1ccc(C(F)(F)F)cn1. The van der Waals surface area contributed by atoms with E-state index in [9.17, 15) is 31.4 Å². The molecule has 0 saturated heterocycles. The van der Waals surface area contributed by atoms with Gasteiger partial charge in [-0.05, 0) is 30.3 Å². The number of hydrogen-bond acceptors (Lipinski definition) is 3. The highest BCUT2D eigenvalue weighted by Crippen LogP contribution is 2.35. The fourth-order valence-electron chi connectivity index (χ4n) is 1.64. The van der Waals surface area contributed by atoms with Crippen molar-refractivity contribution in [3.05, 3.63) is 42.1 Å². The maximum Gasteiger partial charge on any atom is 0.573 e. The van der Waals surface area contributed by atoms with E-state index in [2.05, 4.69) is 9.72 Å². The molecule has 0 fully saturated rings. The summed E-state index contributed by atoms with van der Waals surface area (Å²) in [6.07, 6.45) is -9.00. The average molecular weight is 323 g/mol. The Morgan fingerprint density at radius 3 is 2.14 bits per heavy atom. The molecule has 0 aliphatic carbocycles. The average Bonchev–Trinajstić information content (AvgIpc) is 2.38. The number of aromatic hydroxyl groups is 1. The summed E-state index contributed by atoms with van der Waals surface area (Å²) in [5, 5.41) is 9.62. The van der Waals surface area contributed by atoms with E-state index in [0.29, 0.717) is 12.3 Å². The van der Waals surface area contributed by atoms with E-state index >= 15 is 0 Å². The first-order chi connectivity index (χ1) is 10.1. The number of benzene rings is 1. The minimum absolute atomic E-state index is 0.127. The Hall–Kier alpha value is -2.45. The van der Waals surface area contributed by atoms with Crippen LogP contribution in [-0.4, -0.2) is 16.5 Å². The molecule has 9 heteroatoms. The molecule has 0 radical (unpaired) electrons. The highest BCUT2D eigenvalue weighted by atomic mass is 19.4. The van der Waals surface area contributed by atoms with Gasteiger partial charge in [0.15, 0.2) is 0 Å². The van der Waals surface area contributed by atoms with Gasteiger partial charge >= 0.3 is 12.5 Å². The Kier molecular flexibility index (Phi) is 3.90. The van der Waals surface area contributed by atoms with Gasteiger partial charge in [-0.3, -0.25) is 4.98 Å². The number of phenolic OH excluding ortho intramolecular Hbond substituents is 1. The number of ether oxygens (including phenoxy) is 1. The molecule has 1 heterocycles. The molecule has 0 atom stereocenters. The lowest BCUT2D eigenvalue weighted by molar-refractivity contribution is -0.274. The van der Waals surface area contributed by atoms with E-state index in [1.165, 1.54) is 0 Å². The summed E-state index contributed by atoms with van der Waals surface area (Å²) >= 11 is 0. The number of aromatic nitrogens is 1. The molecule has 118 valence electrons. The second kappa shape index (κ2) is 5.39. The summed E-state index contributed by atoms with van der Waals surface area (Å²) in [5.74, 6) is -1.07. The van der Waals surface area contributed by atoms with Gasteiger partial charge in [0, 0.05) is 11.8 Å². The van der Waals surface area contributed by atoms with E-state index in [1.54, 1.807) is 0 Å². The molecule has 1 N–H and O–H groups in total. The second-order valence-corrected chi connectivity index (χ2v) is 4.16. The van der Waals surface area contributed by atoms with Crippen molar-refractivity contribution in [3.63, 3.8) is 0 Å². The number of nitrogens with zero attached hydrogens (tertiary/aromatic N) is 1. The van der Waals surface area contributed by atoms with Crippen molar-refractivity contribution in [1.82, 2.24) is 4.98 Å². The monoisotopic (exact) mass is 323 g/mol. The van der Waals surface area contributed by atoms with Crippen molar-refractivity contribution in [2.24, 2.45) is 0 Å². The van der Waals surface area contributed by atoms with E-state index in [1.807, 2.05) is 0 Å². The Labute approximate surface area is 119 Å². The lowest BCUT2D eigenvalue weighted by Gasteiger charge is -2.12. The molecule has 0 unspecified atom stereocenters. The highest BCUT2D eigenvalue weighted by molar-refractivity contribution is 5.68. The van der Waals surface area contributed by atoms with Crippen LogP contribution in [0, 0.1) is 0 Å². The molecule has 0 aliphatic rings. The number of alkyl halides is 6. The smallest absolute Gasteiger partial charge is 0.507 e. The van der Waals surface area contributed by atoms with Crippen LogP contribution in [-0.2, 0) is 6.18 Å². The first-order valence-corrected chi connectivity index (χ1v) is 5.68. The van der Waals surface area contributed by atoms with Gasteiger partial charge in [-0.25, -0.2) is 0 Å². The van der Waals surface area contributed by atoms with E-state index < -0.39 is 29.6 Å². The van der Waals surface area contributed by atoms with Crippen LogP contribution in [0.1, 0.15) is 5.56 Å². The molecule has 0 amide bonds. The summed E-state index contributed by atoms with van der Waals surface area (Å²) < 4.78 is 77.3. The number of hydrogen-bond donors (Lipinski definition) is 1. The first-order valence-electron chi connectivity index (χ1n) is 5.68. The van der Waals surface area contributed by atoms with Gasteiger partial charge in [-0.1, -0.05) is 0 Å². The summed E-state index contributed by atoms with van der Waals surface area (Å²) in [5.41, 5.74) is -1.33. The van der Waals surface area contributed by atoms with Gasteiger partial charge in [-0.15, -0.1) is 13.2 Å². The third-order valence-corrected chi connectivity index (χ3v) is 2.57. The molecule has 2 aromatic rings. The van der Waals surface area contributed by atoms with E-state index in [4.69, 9.17) is 0 Å². The molecule has 0 aliphatic heterocycles. The largest absolute Gasteiger partial charge is 0.573 e. The van der Waals surface area contributed by atoms with Crippen molar-refractivity contribution < 1.29 is 36.2 Å². The summed E-state index contributed by atoms with van der Waals surface area (Å²) in [4.78, 5) is 3.50. The predicted octanol–water partition coefficient (Wildman–Crippen LogP) is 4.37. The van der Waals surface area contributed by atoms with Crippen LogP contribution >= 0.6 is 0 Å². The lowest BCUT2D eigenvalue weighted by atomic mass is 10.1. The predicted molar refractivity (Wildman–Crippen MR) is 63.0 cm³/mol. The van der Waals surface area contributed by atoms with Crippen molar-refractivity contribution in [2.75, 3.05) is 0 Å². The Bertz CT molecular complexity index is 664. The minimum atomic E-state index is -4.93. The van der Waals surface area contributed by atoms with Gasteiger partial charge < -0.3 is 9.84 Å². The first kappa shape index (κ1) is 15.9. The van der Waals surface area contributed by atoms with E-state index in [0.717, 1.165) is 24.3 Å². The number of phenols is 1. The minimum Gasteiger partial charge on any atom is -0.507 e. The molecule has 1 aromatic carbocycles. The van der Waals surface area contributed by atoms with Crippen LogP contribution in [0.3, 0.4) is 0 Å². The molecular formula is C13H7F6NO2. The third kappa shape index (κ3) is 3.80. The quantitative estimate of drug-likeness (QED) is 0.835. The zero-order valence-corrected chi connectivity index (χ0v) is 10.5. The zero-order valence-electron chi connectivity index (χ0n) is 10.5. The molecule has 0 bridgehead atoms. The Balaban J connectivity index is 2.37. The normalized spacial score (nSPS) is 12.3. The van der Waals surface area contributed by atoms with Crippen LogP contribution < -0.4 is 4.74 Å². The second-order valence-electron chi connectivity index (χ2n) is 4.16. The highest BCUT2D eigenvalue weighted by Gasteiger charge is 2.32. The van der Waals surface area contributed by atoms with Crippen molar-refractivity contribution in [3.8, 4) is 22.8 Å². The molecule has 22 heavy (non-hydrogen) atoms. The molecule has 2 rings (SSSR count). The van der Waals surface area contributed by atoms with Crippen LogP contribution in [0.15, 0.2) is 36.5 Å². The fraction of sp³-hybridized carbons (Fsp3) is 0.154. The fourth-order valence-corrected chi connectivity index (χ4v) is 1.64. The molecular weight excluding hydrogens is 316 g/mol. The molecule has 3 nitrogen and oxygen atoms in total. The number of rotatable bonds is 2. The zero-order chi connectivity index (χ0) is 16.5. The molecule has 0 saturated carbocycles. The van der Waals surface area contributed by atoms with Gasteiger partial charge in [0.25, 0.3) is 0 Å². The standard InChI is InChI=1S/C13H7F6NO2/c14-12(15,16)7-1-3-10(20-6-7)9-5-8(2-4-11(9)21)22-13(17,18)19/h1-6,21H. The maximum atomic E-state index is 12.4. The van der Waals surface area contributed by atoms with Crippen LogP contribution in [0.25, 0.3) is 11.3 Å². The van der Waals surface area contributed by atoms with E-state index in [-0.39, 0.29) is 11.3 Å². The maximum absolute atomic E-state index is 12.4. The van der Waals surface area contributed by atoms with Crippen LogP contribution in [0.2, 0.25) is 0 Å². The summed E-state index contributed by atoms with van der Waals surface area (Å²) in [6.45, 7) is 0. The molecule has 1 aromatic heterocycles. The number of halogens is 6. The third-order valence-electron chi connectivity index (χ3n) is 2.57. The lowest BCUT2D eigenvalue weighted by Crippen LogP contribution is -2.17. The van der Waals surface area contributed by atoms with Crippen LogP contribution in [0.5, 0.6) is 11.5 Å². The van der Waals surface area contributed by atoms with Gasteiger partial charge in [0.05, 0.1) is 11.3 Å². The van der Waals surface area contributed by atoms with Crippen molar-refractivity contribution in [2.45, 2.75) is 12.5 Å². The van der Waals surface area contributed by atoms with Gasteiger partial charge in [0.2, 0.25) is 0 Å². The van der Waals surface area contributed by atoms with Crippen LogP contribution in [0.4, 0.5) is 26.3 Å². The number of pyridine rings is 1.